The molecule has 2 N–H and O–H groups in total. The van der Waals surface area contributed by atoms with Crippen LogP contribution in [0.25, 0.3) is 0 Å². The number of nitrogens with zero attached hydrogens (tertiary/aromatic N) is 3. The molecular weight excluding hydrogens is 200 g/mol. The quantitative estimate of drug-likeness (QED) is 0.780. The molecule has 0 aliphatic rings. The van der Waals surface area contributed by atoms with Crippen molar-refractivity contribution in [3.63, 3.8) is 0 Å². The molecule has 0 saturated heterocycles. The zero-order valence-corrected chi connectivity index (χ0v) is 10.9. The molecule has 0 unspecified atom stereocenters. The van der Waals surface area contributed by atoms with Crippen molar-refractivity contribution in [1.29, 1.82) is 0 Å². The largest absolute Gasteiger partial charge is 0.330 e. The normalized spacial score (nSPS) is 12.4. The summed E-state index contributed by atoms with van der Waals surface area (Å²) in [6.45, 7) is 7.21. The number of likely N-dealkylation sites (N-methyl/N-ethyl adjacent to an activating group) is 1. The highest BCUT2D eigenvalue weighted by molar-refractivity contribution is 5.03. The van der Waals surface area contributed by atoms with Gasteiger partial charge < -0.3 is 10.6 Å². The Morgan fingerprint density at radius 1 is 1.50 bits per heavy atom. The van der Waals surface area contributed by atoms with Crippen molar-refractivity contribution >= 4 is 0 Å². The fourth-order valence-electron chi connectivity index (χ4n) is 1.80. The lowest BCUT2D eigenvalue weighted by atomic mass is 9.93. The Morgan fingerprint density at radius 2 is 2.19 bits per heavy atom. The molecular formula is C12H24N4. The Labute approximate surface area is 98.4 Å². The van der Waals surface area contributed by atoms with Crippen molar-refractivity contribution < 1.29 is 0 Å². The van der Waals surface area contributed by atoms with Crippen LogP contribution in [0, 0.1) is 5.41 Å². The van der Waals surface area contributed by atoms with E-state index in [1.54, 1.807) is 0 Å². The minimum absolute atomic E-state index is 0.198. The summed E-state index contributed by atoms with van der Waals surface area (Å²) >= 11 is 0. The SMILES string of the molecule is CN(CCc1cnn(C)c1)CC(C)(C)CN. The van der Waals surface area contributed by atoms with E-state index in [0.717, 1.165) is 26.1 Å². The molecule has 16 heavy (non-hydrogen) atoms. The van der Waals surface area contributed by atoms with E-state index >= 15 is 0 Å². The van der Waals surface area contributed by atoms with Gasteiger partial charge in [-0.05, 0) is 31.0 Å². The van der Waals surface area contributed by atoms with Gasteiger partial charge in [0.25, 0.3) is 0 Å². The molecule has 0 bridgehead atoms. The molecule has 1 heterocycles. The molecule has 0 aliphatic carbocycles. The molecule has 4 heteroatoms. The third-order valence-electron chi connectivity index (χ3n) is 2.79. The monoisotopic (exact) mass is 224 g/mol. The maximum atomic E-state index is 5.73. The van der Waals surface area contributed by atoms with Crippen molar-refractivity contribution in [2.45, 2.75) is 20.3 Å². The van der Waals surface area contributed by atoms with Crippen LogP contribution in [0.5, 0.6) is 0 Å². The van der Waals surface area contributed by atoms with Gasteiger partial charge in [-0.3, -0.25) is 4.68 Å². The third-order valence-corrected chi connectivity index (χ3v) is 2.79. The predicted molar refractivity (Wildman–Crippen MR) is 67.2 cm³/mol. The first-order chi connectivity index (χ1) is 7.43. The summed E-state index contributed by atoms with van der Waals surface area (Å²) < 4.78 is 1.85. The number of rotatable bonds is 6. The van der Waals surface area contributed by atoms with E-state index in [1.165, 1.54) is 5.56 Å². The second-order valence-corrected chi connectivity index (χ2v) is 5.38. The van der Waals surface area contributed by atoms with Gasteiger partial charge in [-0.15, -0.1) is 0 Å². The maximum absolute atomic E-state index is 5.73. The smallest absolute Gasteiger partial charge is 0.0522 e. The molecule has 0 radical (unpaired) electrons. The zero-order chi connectivity index (χ0) is 12.2. The predicted octanol–water partition coefficient (Wildman–Crippen LogP) is 0.879. The molecule has 0 amide bonds. The first-order valence-electron chi connectivity index (χ1n) is 5.79. The molecule has 4 nitrogen and oxygen atoms in total. The Balaban J connectivity index is 2.33. The van der Waals surface area contributed by atoms with Crippen molar-refractivity contribution in [2.24, 2.45) is 18.2 Å². The number of hydrogen-bond acceptors (Lipinski definition) is 3. The standard InChI is InChI=1S/C12H24N4/c1-12(2,9-13)10-15(3)6-5-11-7-14-16(4)8-11/h7-8H,5-6,9-10,13H2,1-4H3. The first-order valence-corrected chi connectivity index (χ1v) is 5.79. The average Bonchev–Trinajstić information content (AvgIpc) is 2.61. The Bertz CT molecular complexity index is 317. The lowest BCUT2D eigenvalue weighted by Gasteiger charge is -2.28. The van der Waals surface area contributed by atoms with Crippen LogP contribution >= 0.6 is 0 Å². The van der Waals surface area contributed by atoms with Gasteiger partial charge >= 0.3 is 0 Å². The van der Waals surface area contributed by atoms with Gasteiger partial charge in [0, 0.05) is 26.3 Å². The number of hydrogen-bond donors (Lipinski definition) is 1. The molecule has 0 aliphatic heterocycles. The van der Waals surface area contributed by atoms with E-state index in [1.807, 2.05) is 17.9 Å². The van der Waals surface area contributed by atoms with Gasteiger partial charge in [0.1, 0.15) is 0 Å². The molecule has 0 atom stereocenters. The fraction of sp³-hybridized carbons (Fsp3) is 0.750. The number of aromatic nitrogens is 2. The summed E-state index contributed by atoms with van der Waals surface area (Å²) in [5, 5.41) is 4.16. The van der Waals surface area contributed by atoms with Crippen LogP contribution < -0.4 is 5.73 Å². The van der Waals surface area contributed by atoms with Crippen molar-refractivity contribution in [2.75, 3.05) is 26.7 Å². The molecule has 0 spiro atoms. The average molecular weight is 224 g/mol. The van der Waals surface area contributed by atoms with Crippen LogP contribution in [0.1, 0.15) is 19.4 Å². The first kappa shape index (κ1) is 13.2. The fourth-order valence-corrected chi connectivity index (χ4v) is 1.80. The highest BCUT2D eigenvalue weighted by Crippen LogP contribution is 2.14. The summed E-state index contributed by atoms with van der Waals surface area (Å²) in [6.07, 6.45) is 5.05. The second kappa shape index (κ2) is 5.46. The number of aryl methyl sites for hydroxylation is 1. The van der Waals surface area contributed by atoms with Gasteiger partial charge in [0.05, 0.1) is 6.20 Å². The van der Waals surface area contributed by atoms with Gasteiger partial charge in [-0.1, -0.05) is 13.8 Å². The summed E-state index contributed by atoms with van der Waals surface area (Å²) in [6, 6.07) is 0. The number of nitrogens with two attached hydrogens (primary N) is 1. The minimum atomic E-state index is 0.198. The van der Waals surface area contributed by atoms with Gasteiger partial charge in [-0.2, -0.15) is 5.10 Å². The molecule has 1 aromatic heterocycles. The highest BCUT2D eigenvalue weighted by atomic mass is 15.2. The molecule has 1 aromatic rings. The Kier molecular flexibility index (Phi) is 4.50. The van der Waals surface area contributed by atoms with E-state index in [9.17, 15) is 0 Å². The molecule has 0 aromatic carbocycles. The van der Waals surface area contributed by atoms with Crippen molar-refractivity contribution in [3.8, 4) is 0 Å². The van der Waals surface area contributed by atoms with Crippen LogP contribution in [0.2, 0.25) is 0 Å². The Morgan fingerprint density at radius 3 is 2.69 bits per heavy atom. The highest BCUT2D eigenvalue weighted by Gasteiger charge is 2.17. The van der Waals surface area contributed by atoms with Crippen LogP contribution in [0.4, 0.5) is 0 Å². The molecule has 1 rings (SSSR count). The van der Waals surface area contributed by atoms with Crippen LogP contribution in [0.3, 0.4) is 0 Å². The summed E-state index contributed by atoms with van der Waals surface area (Å²) in [5.41, 5.74) is 7.21. The summed E-state index contributed by atoms with van der Waals surface area (Å²) in [4.78, 5) is 2.33. The Hall–Kier alpha value is -0.870. The van der Waals surface area contributed by atoms with E-state index in [-0.39, 0.29) is 5.41 Å². The van der Waals surface area contributed by atoms with E-state index in [2.05, 4.69) is 37.1 Å². The van der Waals surface area contributed by atoms with E-state index in [4.69, 9.17) is 5.73 Å². The van der Waals surface area contributed by atoms with Gasteiger partial charge in [0.2, 0.25) is 0 Å². The second-order valence-electron chi connectivity index (χ2n) is 5.38. The van der Waals surface area contributed by atoms with Crippen LogP contribution in [0.15, 0.2) is 12.4 Å². The van der Waals surface area contributed by atoms with Gasteiger partial charge in [0.15, 0.2) is 0 Å². The van der Waals surface area contributed by atoms with E-state index < -0.39 is 0 Å². The lowest BCUT2D eigenvalue weighted by Crippen LogP contribution is -2.37. The van der Waals surface area contributed by atoms with Crippen molar-refractivity contribution in [3.05, 3.63) is 18.0 Å². The van der Waals surface area contributed by atoms with Crippen molar-refractivity contribution in [1.82, 2.24) is 14.7 Å². The molecule has 0 fully saturated rings. The topological polar surface area (TPSA) is 47.1 Å². The van der Waals surface area contributed by atoms with Crippen LogP contribution in [-0.2, 0) is 13.5 Å². The molecule has 92 valence electrons. The third kappa shape index (κ3) is 4.33. The lowest BCUT2D eigenvalue weighted by molar-refractivity contribution is 0.218. The summed E-state index contributed by atoms with van der Waals surface area (Å²) in [7, 11) is 4.10. The summed E-state index contributed by atoms with van der Waals surface area (Å²) in [5.74, 6) is 0. The minimum Gasteiger partial charge on any atom is -0.330 e. The van der Waals surface area contributed by atoms with E-state index in [0.29, 0.717) is 0 Å². The zero-order valence-electron chi connectivity index (χ0n) is 10.9. The maximum Gasteiger partial charge on any atom is 0.0522 e. The molecule has 0 saturated carbocycles. The van der Waals surface area contributed by atoms with Gasteiger partial charge in [-0.25, -0.2) is 0 Å². The van der Waals surface area contributed by atoms with Crippen LogP contribution in [-0.4, -0.2) is 41.4 Å².